The van der Waals surface area contributed by atoms with Crippen LogP contribution in [0.15, 0.2) is 30.3 Å². The molecule has 1 aliphatic heterocycles. The van der Waals surface area contributed by atoms with Gasteiger partial charge in [-0.2, -0.15) is 5.10 Å². The molecule has 1 unspecified atom stereocenters. The van der Waals surface area contributed by atoms with Crippen LogP contribution in [-0.2, 0) is 9.53 Å². The zero-order valence-electron chi connectivity index (χ0n) is 14.7. The molecule has 3 heterocycles. The zero-order valence-corrected chi connectivity index (χ0v) is 16.3. The minimum absolute atomic E-state index is 0.217. The number of ether oxygens (including phenoxy) is 1. The number of fused-ring (bicyclic) bond motifs is 1. The van der Waals surface area contributed by atoms with Gasteiger partial charge in [0.25, 0.3) is 5.91 Å². The van der Waals surface area contributed by atoms with Crippen molar-refractivity contribution in [2.45, 2.75) is 32.3 Å². The maximum absolute atomic E-state index is 12.6. The molecule has 2 aromatic heterocycles. The number of benzene rings is 1. The molecule has 1 saturated heterocycles. The number of carbonyl (C=O) groups is 2. The molecular weight excluding hydrogens is 386 g/mol. The third-order valence-corrected chi connectivity index (χ3v) is 5.89. The van der Waals surface area contributed by atoms with Crippen LogP contribution in [-0.4, -0.2) is 34.3 Å². The molecule has 6 nitrogen and oxygen atoms in total. The SMILES string of the molecule is Cc1nn(-c2ccc(Cl)cc2)c2sc(C(=O)OC3CCCCNC3=O)cc12. The number of aryl methyl sites for hydroxylation is 1. The Kier molecular flexibility index (Phi) is 4.88. The summed E-state index contributed by atoms with van der Waals surface area (Å²) in [6.07, 6.45) is 1.59. The molecule has 140 valence electrons. The van der Waals surface area contributed by atoms with Crippen LogP contribution in [0.3, 0.4) is 0 Å². The standard InChI is InChI=1S/C19H18ClN3O3S/c1-11-14-10-16(19(25)26-15-4-2-3-9-21-17(15)24)27-18(14)23(22-11)13-7-5-12(20)6-8-13/h5-8,10,15H,2-4,9H2,1H3,(H,21,24). The molecule has 0 aliphatic carbocycles. The minimum Gasteiger partial charge on any atom is -0.448 e. The molecule has 1 aromatic carbocycles. The van der Waals surface area contributed by atoms with Gasteiger partial charge in [-0.25, -0.2) is 9.48 Å². The molecule has 0 spiro atoms. The summed E-state index contributed by atoms with van der Waals surface area (Å²) in [6.45, 7) is 2.53. The first-order valence-electron chi connectivity index (χ1n) is 8.77. The Morgan fingerprint density at radius 1 is 1.33 bits per heavy atom. The molecule has 1 amide bonds. The number of rotatable bonds is 3. The predicted molar refractivity (Wildman–Crippen MR) is 105 cm³/mol. The van der Waals surface area contributed by atoms with E-state index in [9.17, 15) is 9.59 Å². The van der Waals surface area contributed by atoms with Gasteiger partial charge >= 0.3 is 5.97 Å². The zero-order chi connectivity index (χ0) is 19.0. The number of thiophene rings is 1. The van der Waals surface area contributed by atoms with Crippen LogP contribution in [0.5, 0.6) is 0 Å². The smallest absolute Gasteiger partial charge is 0.349 e. The molecule has 1 atom stereocenters. The van der Waals surface area contributed by atoms with Crippen molar-refractivity contribution >= 4 is 45.0 Å². The number of halogens is 1. The fraction of sp³-hybridized carbons (Fsp3) is 0.316. The maximum atomic E-state index is 12.6. The number of nitrogens with one attached hydrogen (secondary N) is 1. The lowest BCUT2D eigenvalue weighted by Crippen LogP contribution is -2.35. The van der Waals surface area contributed by atoms with E-state index < -0.39 is 12.1 Å². The van der Waals surface area contributed by atoms with Crippen LogP contribution in [0.1, 0.15) is 34.6 Å². The van der Waals surface area contributed by atoms with Crippen molar-refractivity contribution in [2.75, 3.05) is 6.54 Å². The third-order valence-electron chi connectivity index (χ3n) is 4.55. The van der Waals surface area contributed by atoms with Crippen LogP contribution < -0.4 is 5.32 Å². The highest BCUT2D eigenvalue weighted by atomic mass is 35.5. The van der Waals surface area contributed by atoms with Crippen molar-refractivity contribution < 1.29 is 14.3 Å². The molecule has 0 radical (unpaired) electrons. The molecule has 0 bridgehead atoms. The summed E-state index contributed by atoms with van der Waals surface area (Å²) in [4.78, 5) is 25.9. The maximum Gasteiger partial charge on any atom is 0.349 e. The van der Waals surface area contributed by atoms with Crippen molar-refractivity contribution in [1.29, 1.82) is 0 Å². The van der Waals surface area contributed by atoms with E-state index in [0.717, 1.165) is 34.4 Å². The predicted octanol–water partition coefficient (Wildman–Crippen LogP) is 3.87. The Morgan fingerprint density at radius 2 is 2.11 bits per heavy atom. The lowest BCUT2D eigenvalue weighted by molar-refractivity contribution is -0.129. The van der Waals surface area contributed by atoms with Gasteiger partial charge in [0.15, 0.2) is 6.10 Å². The van der Waals surface area contributed by atoms with Crippen LogP contribution >= 0.6 is 22.9 Å². The second-order valence-corrected chi connectivity index (χ2v) is 7.95. The van der Waals surface area contributed by atoms with Crippen LogP contribution in [0.4, 0.5) is 0 Å². The van der Waals surface area contributed by atoms with Gasteiger partial charge in [0.2, 0.25) is 0 Å². The Hall–Kier alpha value is -2.38. The first kappa shape index (κ1) is 18.0. The fourth-order valence-corrected chi connectivity index (χ4v) is 4.31. The number of nitrogens with zero attached hydrogens (tertiary/aromatic N) is 2. The van der Waals surface area contributed by atoms with Crippen molar-refractivity contribution in [3.63, 3.8) is 0 Å². The summed E-state index contributed by atoms with van der Waals surface area (Å²) in [5.74, 6) is -0.689. The molecule has 0 saturated carbocycles. The Balaban J connectivity index is 1.63. The minimum atomic E-state index is -0.723. The van der Waals surface area contributed by atoms with Gasteiger partial charge in [0.05, 0.1) is 11.4 Å². The van der Waals surface area contributed by atoms with E-state index >= 15 is 0 Å². The highest BCUT2D eigenvalue weighted by Gasteiger charge is 2.26. The van der Waals surface area contributed by atoms with Crippen molar-refractivity contribution in [3.8, 4) is 5.69 Å². The summed E-state index contributed by atoms with van der Waals surface area (Å²) in [5.41, 5.74) is 1.69. The van der Waals surface area contributed by atoms with E-state index in [1.54, 1.807) is 22.9 Å². The Bertz CT molecular complexity index is 1010. The molecule has 8 heteroatoms. The van der Waals surface area contributed by atoms with Gasteiger partial charge in [-0.05, 0) is 56.5 Å². The molecule has 4 rings (SSSR count). The van der Waals surface area contributed by atoms with Crippen molar-refractivity contribution in [3.05, 3.63) is 45.9 Å². The topological polar surface area (TPSA) is 73.2 Å². The average Bonchev–Trinajstić information content (AvgIpc) is 3.15. The summed E-state index contributed by atoms with van der Waals surface area (Å²) in [6, 6.07) is 9.13. The van der Waals surface area contributed by atoms with Crippen LogP contribution in [0.2, 0.25) is 5.02 Å². The normalized spacial score (nSPS) is 17.6. The van der Waals surface area contributed by atoms with Gasteiger partial charge in [-0.15, -0.1) is 11.3 Å². The first-order chi connectivity index (χ1) is 13.0. The Morgan fingerprint density at radius 3 is 2.89 bits per heavy atom. The highest BCUT2D eigenvalue weighted by Crippen LogP contribution is 2.31. The van der Waals surface area contributed by atoms with E-state index in [1.165, 1.54) is 11.3 Å². The second-order valence-electron chi connectivity index (χ2n) is 6.48. The second kappa shape index (κ2) is 7.32. The van der Waals surface area contributed by atoms with Gasteiger partial charge in [-0.3, -0.25) is 4.79 Å². The largest absolute Gasteiger partial charge is 0.448 e. The lowest BCUT2D eigenvalue weighted by Gasteiger charge is -2.13. The number of hydrogen-bond acceptors (Lipinski definition) is 5. The number of hydrogen-bond donors (Lipinski definition) is 1. The van der Waals surface area contributed by atoms with E-state index in [2.05, 4.69) is 10.4 Å². The third kappa shape index (κ3) is 3.57. The van der Waals surface area contributed by atoms with E-state index in [4.69, 9.17) is 16.3 Å². The molecule has 3 aromatic rings. The average molecular weight is 404 g/mol. The monoisotopic (exact) mass is 403 g/mol. The van der Waals surface area contributed by atoms with Gasteiger partial charge in [0.1, 0.15) is 9.71 Å². The summed E-state index contributed by atoms with van der Waals surface area (Å²) < 4.78 is 7.27. The fourth-order valence-electron chi connectivity index (χ4n) is 3.12. The summed E-state index contributed by atoms with van der Waals surface area (Å²) in [7, 11) is 0. The van der Waals surface area contributed by atoms with Gasteiger partial charge < -0.3 is 10.1 Å². The van der Waals surface area contributed by atoms with Crippen molar-refractivity contribution in [1.82, 2.24) is 15.1 Å². The molecule has 1 aliphatic rings. The highest BCUT2D eigenvalue weighted by molar-refractivity contribution is 7.20. The van der Waals surface area contributed by atoms with Crippen LogP contribution in [0, 0.1) is 6.92 Å². The van der Waals surface area contributed by atoms with Gasteiger partial charge in [0, 0.05) is 17.0 Å². The number of esters is 1. The van der Waals surface area contributed by atoms with E-state index in [1.807, 2.05) is 19.1 Å². The first-order valence-corrected chi connectivity index (χ1v) is 9.96. The van der Waals surface area contributed by atoms with Crippen LogP contribution in [0.25, 0.3) is 15.9 Å². The summed E-state index contributed by atoms with van der Waals surface area (Å²) in [5, 5.41) is 8.88. The molecule has 27 heavy (non-hydrogen) atoms. The lowest BCUT2D eigenvalue weighted by atomic mass is 10.2. The van der Waals surface area contributed by atoms with E-state index in [-0.39, 0.29) is 5.91 Å². The van der Waals surface area contributed by atoms with E-state index in [0.29, 0.717) is 22.9 Å². The number of amides is 1. The molecule has 1 N–H and O–H groups in total. The van der Waals surface area contributed by atoms with Crippen molar-refractivity contribution in [2.24, 2.45) is 0 Å². The Labute approximate surface area is 165 Å². The number of carbonyl (C=O) groups excluding carboxylic acids is 2. The summed E-state index contributed by atoms with van der Waals surface area (Å²) >= 11 is 7.27. The quantitative estimate of drug-likeness (QED) is 0.673. The van der Waals surface area contributed by atoms with Gasteiger partial charge in [-0.1, -0.05) is 11.6 Å². The molecular formula is C19H18ClN3O3S. The number of aromatic nitrogens is 2. The molecule has 1 fully saturated rings.